The predicted molar refractivity (Wildman–Crippen MR) is 128 cm³/mol. The number of ether oxygens (including phenoxy) is 4. The average molecular weight is 468 g/mol. The number of amides is 1. The highest BCUT2D eigenvalue weighted by Gasteiger charge is 2.29. The number of benzene rings is 2. The molecule has 2 aromatic rings. The normalized spacial score (nSPS) is 15.8. The Morgan fingerprint density at radius 2 is 1.79 bits per heavy atom. The lowest BCUT2D eigenvalue weighted by Crippen LogP contribution is -2.47. The Morgan fingerprint density at radius 3 is 2.44 bits per heavy atom. The number of nitrogens with one attached hydrogen (secondary N) is 1. The van der Waals surface area contributed by atoms with Gasteiger partial charge >= 0.3 is 0 Å². The van der Waals surface area contributed by atoms with Gasteiger partial charge in [0.1, 0.15) is 11.8 Å². The molecule has 2 aromatic carbocycles. The molecular weight excluding hydrogens is 434 g/mol. The van der Waals surface area contributed by atoms with Crippen LogP contribution in [0.5, 0.6) is 17.2 Å². The van der Waals surface area contributed by atoms with Crippen molar-refractivity contribution in [2.45, 2.75) is 26.0 Å². The van der Waals surface area contributed by atoms with Crippen molar-refractivity contribution >= 4 is 5.91 Å². The predicted octanol–water partition coefficient (Wildman–Crippen LogP) is 3.17. The quantitative estimate of drug-likeness (QED) is 0.574. The first-order valence-electron chi connectivity index (χ1n) is 11.5. The van der Waals surface area contributed by atoms with Crippen LogP contribution in [0, 0.1) is 17.2 Å². The van der Waals surface area contributed by atoms with E-state index in [0.717, 1.165) is 18.7 Å². The highest BCUT2D eigenvalue weighted by molar-refractivity contribution is 5.81. The highest BCUT2D eigenvalue weighted by Crippen LogP contribution is 2.32. The molecule has 8 nitrogen and oxygen atoms in total. The van der Waals surface area contributed by atoms with Crippen molar-refractivity contribution in [1.82, 2.24) is 10.2 Å². The summed E-state index contributed by atoms with van der Waals surface area (Å²) < 4.78 is 22.4. The maximum absolute atomic E-state index is 13.2. The van der Waals surface area contributed by atoms with E-state index in [-0.39, 0.29) is 17.9 Å². The molecule has 0 radical (unpaired) electrons. The molecule has 3 rings (SSSR count). The summed E-state index contributed by atoms with van der Waals surface area (Å²) in [6, 6.07) is 14.8. The van der Waals surface area contributed by atoms with Crippen LogP contribution in [0.4, 0.5) is 0 Å². The van der Waals surface area contributed by atoms with Gasteiger partial charge in [0.2, 0.25) is 0 Å². The van der Waals surface area contributed by atoms with Crippen LogP contribution in [0.25, 0.3) is 0 Å². The van der Waals surface area contributed by atoms with E-state index in [1.807, 2.05) is 32.0 Å². The molecule has 182 valence electrons. The zero-order chi connectivity index (χ0) is 24.5. The summed E-state index contributed by atoms with van der Waals surface area (Å²) in [6.07, 6.45) is -0.731. The first-order chi connectivity index (χ1) is 16.5. The number of nitrogens with zero attached hydrogens (tertiary/aromatic N) is 2. The van der Waals surface area contributed by atoms with Gasteiger partial charge in [0, 0.05) is 19.6 Å². The van der Waals surface area contributed by atoms with Gasteiger partial charge in [-0.05, 0) is 35.7 Å². The van der Waals surface area contributed by atoms with E-state index >= 15 is 0 Å². The summed E-state index contributed by atoms with van der Waals surface area (Å²) >= 11 is 0. The van der Waals surface area contributed by atoms with Crippen LogP contribution in [0.2, 0.25) is 0 Å². The fourth-order valence-corrected chi connectivity index (χ4v) is 4.00. The van der Waals surface area contributed by atoms with Gasteiger partial charge in [0.25, 0.3) is 5.91 Å². The van der Waals surface area contributed by atoms with Crippen LogP contribution in [0.1, 0.15) is 31.0 Å². The average Bonchev–Trinajstić information content (AvgIpc) is 2.87. The molecule has 1 aliphatic rings. The minimum Gasteiger partial charge on any atom is -0.493 e. The van der Waals surface area contributed by atoms with Gasteiger partial charge in [0.15, 0.2) is 17.6 Å². The highest BCUT2D eigenvalue weighted by atomic mass is 16.5. The van der Waals surface area contributed by atoms with Crippen molar-refractivity contribution in [1.29, 1.82) is 5.26 Å². The summed E-state index contributed by atoms with van der Waals surface area (Å²) in [5.41, 5.74) is 1.41. The summed E-state index contributed by atoms with van der Waals surface area (Å²) in [6.45, 7) is 7.03. The molecule has 1 heterocycles. The molecule has 8 heteroatoms. The summed E-state index contributed by atoms with van der Waals surface area (Å²) in [7, 11) is 3.21. The number of carbonyl (C=O) groups is 1. The van der Waals surface area contributed by atoms with Crippen molar-refractivity contribution in [3.05, 3.63) is 53.6 Å². The molecule has 2 unspecified atom stereocenters. The second-order valence-corrected chi connectivity index (χ2v) is 8.41. The van der Waals surface area contributed by atoms with E-state index in [9.17, 15) is 10.1 Å². The number of morpholine rings is 1. The third-order valence-corrected chi connectivity index (χ3v) is 5.87. The fourth-order valence-electron chi connectivity index (χ4n) is 4.00. The number of nitriles is 1. The third kappa shape index (κ3) is 6.19. The number of para-hydroxylation sites is 1. The third-order valence-electron chi connectivity index (χ3n) is 5.87. The first-order valence-corrected chi connectivity index (χ1v) is 11.5. The van der Waals surface area contributed by atoms with E-state index in [2.05, 4.69) is 16.3 Å². The number of hydrogen-bond donors (Lipinski definition) is 1. The lowest BCUT2D eigenvalue weighted by Gasteiger charge is -2.35. The number of rotatable bonds is 10. The molecule has 2 atom stereocenters. The number of carbonyl (C=O) groups excluding carboxylic acids is 1. The molecule has 0 saturated carbocycles. The summed E-state index contributed by atoms with van der Waals surface area (Å²) in [5, 5.41) is 12.5. The molecule has 1 fully saturated rings. The molecule has 1 amide bonds. The largest absolute Gasteiger partial charge is 0.493 e. The molecule has 0 aliphatic carbocycles. The molecule has 0 bridgehead atoms. The minimum atomic E-state index is -0.731. The molecule has 34 heavy (non-hydrogen) atoms. The number of methoxy groups -OCH3 is 2. The Bertz CT molecular complexity index is 998. The monoisotopic (exact) mass is 467 g/mol. The molecule has 1 N–H and O–H groups in total. The van der Waals surface area contributed by atoms with Gasteiger partial charge in [-0.2, -0.15) is 5.26 Å². The van der Waals surface area contributed by atoms with E-state index in [1.165, 1.54) is 0 Å². The second kappa shape index (κ2) is 12.3. The zero-order valence-corrected chi connectivity index (χ0v) is 20.2. The van der Waals surface area contributed by atoms with Crippen LogP contribution in [0.15, 0.2) is 42.5 Å². The Balaban J connectivity index is 1.79. The molecule has 0 spiro atoms. The van der Waals surface area contributed by atoms with Gasteiger partial charge in [-0.15, -0.1) is 0 Å². The standard InChI is InChI=1S/C26H33N3O5/c1-18(2)25(34-22-8-6-5-7-20(22)16-27)26(30)28-17-21(29-11-13-33-14-12-29)19-9-10-23(31-3)24(15-19)32-4/h5-10,15,18,21,25H,11-14,17H2,1-4H3,(H,28,30). The Morgan fingerprint density at radius 1 is 1.09 bits per heavy atom. The Labute approximate surface area is 201 Å². The van der Waals surface area contributed by atoms with Crippen LogP contribution in [-0.2, 0) is 9.53 Å². The number of hydrogen-bond acceptors (Lipinski definition) is 7. The maximum Gasteiger partial charge on any atom is 0.261 e. The van der Waals surface area contributed by atoms with Crippen molar-refractivity contribution < 1.29 is 23.7 Å². The summed E-state index contributed by atoms with van der Waals surface area (Å²) in [4.78, 5) is 15.5. The van der Waals surface area contributed by atoms with Gasteiger partial charge in [-0.1, -0.05) is 32.0 Å². The van der Waals surface area contributed by atoms with Crippen LogP contribution in [-0.4, -0.2) is 64.0 Å². The van der Waals surface area contributed by atoms with Crippen molar-refractivity contribution in [2.24, 2.45) is 5.92 Å². The molecule has 1 aliphatic heterocycles. The lowest BCUT2D eigenvalue weighted by atomic mass is 10.0. The van der Waals surface area contributed by atoms with Crippen LogP contribution >= 0.6 is 0 Å². The van der Waals surface area contributed by atoms with Crippen LogP contribution < -0.4 is 19.5 Å². The topological polar surface area (TPSA) is 93.0 Å². The first kappa shape index (κ1) is 25.3. The maximum atomic E-state index is 13.2. The smallest absolute Gasteiger partial charge is 0.261 e. The zero-order valence-electron chi connectivity index (χ0n) is 20.2. The van der Waals surface area contributed by atoms with E-state index in [4.69, 9.17) is 18.9 Å². The Kier molecular flexibility index (Phi) is 9.14. The van der Waals surface area contributed by atoms with Gasteiger partial charge in [-0.3, -0.25) is 9.69 Å². The fraction of sp³-hybridized carbons (Fsp3) is 0.462. The van der Waals surface area contributed by atoms with E-state index in [0.29, 0.717) is 42.6 Å². The second-order valence-electron chi connectivity index (χ2n) is 8.41. The van der Waals surface area contributed by atoms with Crippen molar-refractivity contribution in [3.63, 3.8) is 0 Å². The van der Waals surface area contributed by atoms with E-state index < -0.39 is 6.10 Å². The molecule has 1 saturated heterocycles. The van der Waals surface area contributed by atoms with Crippen LogP contribution in [0.3, 0.4) is 0 Å². The van der Waals surface area contributed by atoms with Crippen molar-refractivity contribution in [3.8, 4) is 23.3 Å². The molecule has 0 aromatic heterocycles. The lowest BCUT2D eigenvalue weighted by molar-refractivity contribution is -0.130. The van der Waals surface area contributed by atoms with Crippen molar-refractivity contribution in [2.75, 3.05) is 47.1 Å². The minimum absolute atomic E-state index is 0.0770. The SMILES string of the molecule is COc1ccc(C(CNC(=O)C(Oc2ccccc2C#N)C(C)C)N2CCOCC2)cc1OC. The summed E-state index contributed by atoms with van der Waals surface area (Å²) in [5.74, 6) is 1.39. The Hall–Kier alpha value is -3.28. The van der Waals surface area contributed by atoms with Gasteiger partial charge in [-0.25, -0.2) is 0 Å². The van der Waals surface area contributed by atoms with Gasteiger partial charge < -0.3 is 24.3 Å². The molecular formula is C26H33N3O5. The van der Waals surface area contributed by atoms with E-state index in [1.54, 1.807) is 38.5 Å². The van der Waals surface area contributed by atoms with Gasteiger partial charge in [0.05, 0.1) is 39.0 Å².